The van der Waals surface area contributed by atoms with Crippen molar-refractivity contribution < 1.29 is 4.92 Å². The summed E-state index contributed by atoms with van der Waals surface area (Å²) in [5, 5.41) is 15.4. The summed E-state index contributed by atoms with van der Waals surface area (Å²) in [4.78, 5) is 10.6. The SMILES string of the molecule is Cc1nn(C2CCCCC2C(C)C)c(N)c1[N+](=O)[O-]. The van der Waals surface area contributed by atoms with Crippen LogP contribution in [0.25, 0.3) is 0 Å². The molecule has 1 saturated carbocycles. The second-order valence-electron chi connectivity index (χ2n) is 5.78. The molecule has 1 aliphatic rings. The van der Waals surface area contributed by atoms with E-state index in [4.69, 9.17) is 5.73 Å². The molecule has 0 amide bonds. The lowest BCUT2D eigenvalue weighted by atomic mass is 9.78. The molecule has 1 aliphatic carbocycles. The first-order chi connectivity index (χ1) is 8.93. The fraction of sp³-hybridized carbons (Fsp3) is 0.769. The van der Waals surface area contributed by atoms with Crippen molar-refractivity contribution >= 4 is 11.5 Å². The van der Waals surface area contributed by atoms with Crippen molar-refractivity contribution in [1.82, 2.24) is 9.78 Å². The highest BCUT2D eigenvalue weighted by atomic mass is 16.6. The van der Waals surface area contributed by atoms with Crippen molar-refractivity contribution in [2.24, 2.45) is 11.8 Å². The number of anilines is 1. The summed E-state index contributed by atoms with van der Waals surface area (Å²) in [5.74, 6) is 1.24. The smallest absolute Gasteiger partial charge is 0.333 e. The Bertz CT molecular complexity index is 481. The number of nitrogen functional groups attached to an aromatic ring is 1. The van der Waals surface area contributed by atoms with Crippen LogP contribution in [0.5, 0.6) is 0 Å². The lowest BCUT2D eigenvalue weighted by molar-refractivity contribution is -0.384. The number of hydrogen-bond donors (Lipinski definition) is 1. The van der Waals surface area contributed by atoms with E-state index >= 15 is 0 Å². The first-order valence-corrected chi connectivity index (χ1v) is 6.92. The van der Waals surface area contributed by atoms with E-state index in [1.807, 2.05) is 0 Å². The van der Waals surface area contributed by atoms with E-state index in [1.54, 1.807) is 11.6 Å². The number of nitrogens with zero attached hydrogens (tertiary/aromatic N) is 3. The highest BCUT2D eigenvalue weighted by Gasteiger charge is 2.34. The van der Waals surface area contributed by atoms with Crippen molar-refractivity contribution in [2.45, 2.75) is 52.5 Å². The Morgan fingerprint density at radius 2 is 2.05 bits per heavy atom. The minimum absolute atomic E-state index is 0.0342. The summed E-state index contributed by atoms with van der Waals surface area (Å²) in [6.07, 6.45) is 4.52. The number of aryl methyl sites for hydroxylation is 1. The zero-order valence-electron chi connectivity index (χ0n) is 11.8. The molecule has 6 nitrogen and oxygen atoms in total. The van der Waals surface area contributed by atoms with E-state index in [2.05, 4.69) is 18.9 Å². The van der Waals surface area contributed by atoms with Crippen LogP contribution in [0.4, 0.5) is 11.5 Å². The molecule has 1 aromatic rings. The summed E-state index contributed by atoms with van der Waals surface area (Å²) in [6.45, 7) is 6.05. The average molecular weight is 266 g/mol. The average Bonchev–Trinajstić information content (AvgIpc) is 2.64. The van der Waals surface area contributed by atoms with Crippen molar-refractivity contribution in [1.29, 1.82) is 0 Å². The molecule has 6 heteroatoms. The van der Waals surface area contributed by atoms with Gasteiger partial charge in [-0.3, -0.25) is 10.1 Å². The number of nitro groups is 1. The highest BCUT2D eigenvalue weighted by molar-refractivity contribution is 5.56. The Kier molecular flexibility index (Phi) is 3.78. The van der Waals surface area contributed by atoms with Gasteiger partial charge in [0.15, 0.2) is 0 Å². The van der Waals surface area contributed by atoms with Crippen LogP contribution < -0.4 is 5.73 Å². The van der Waals surface area contributed by atoms with Gasteiger partial charge in [0, 0.05) is 0 Å². The molecule has 19 heavy (non-hydrogen) atoms. The Hall–Kier alpha value is -1.59. The number of hydrogen-bond acceptors (Lipinski definition) is 4. The minimum Gasteiger partial charge on any atom is -0.378 e. The fourth-order valence-electron chi connectivity index (χ4n) is 3.26. The first-order valence-electron chi connectivity index (χ1n) is 6.92. The molecule has 0 bridgehead atoms. The Balaban J connectivity index is 2.40. The van der Waals surface area contributed by atoms with Crippen molar-refractivity contribution in [2.75, 3.05) is 5.73 Å². The van der Waals surface area contributed by atoms with Crippen LogP contribution in [0.2, 0.25) is 0 Å². The topological polar surface area (TPSA) is 87.0 Å². The molecule has 106 valence electrons. The second kappa shape index (κ2) is 5.19. The predicted molar refractivity (Wildman–Crippen MR) is 73.9 cm³/mol. The van der Waals surface area contributed by atoms with Crippen molar-refractivity contribution in [3.05, 3.63) is 15.8 Å². The molecule has 2 atom stereocenters. The van der Waals surface area contributed by atoms with E-state index in [0.29, 0.717) is 17.5 Å². The molecule has 2 rings (SSSR count). The number of nitrogens with two attached hydrogens (primary N) is 1. The van der Waals surface area contributed by atoms with Gasteiger partial charge in [-0.2, -0.15) is 5.10 Å². The van der Waals surface area contributed by atoms with E-state index in [0.717, 1.165) is 19.3 Å². The van der Waals surface area contributed by atoms with E-state index in [1.165, 1.54) is 6.42 Å². The lowest BCUT2D eigenvalue weighted by Gasteiger charge is -2.34. The maximum Gasteiger partial charge on any atom is 0.333 e. The molecular formula is C13H22N4O2. The van der Waals surface area contributed by atoms with Crippen LogP contribution in [0.3, 0.4) is 0 Å². The van der Waals surface area contributed by atoms with Crippen LogP contribution >= 0.6 is 0 Å². The van der Waals surface area contributed by atoms with Crippen LogP contribution in [0.1, 0.15) is 51.3 Å². The van der Waals surface area contributed by atoms with Gasteiger partial charge in [0.1, 0.15) is 5.69 Å². The van der Waals surface area contributed by atoms with Gasteiger partial charge in [0.05, 0.1) is 11.0 Å². The van der Waals surface area contributed by atoms with Crippen LogP contribution in [0.15, 0.2) is 0 Å². The number of rotatable bonds is 3. The molecule has 0 aromatic carbocycles. The van der Waals surface area contributed by atoms with Crippen LogP contribution in [0, 0.1) is 28.9 Å². The molecule has 1 heterocycles. The summed E-state index contributed by atoms with van der Waals surface area (Å²) in [7, 11) is 0. The second-order valence-corrected chi connectivity index (χ2v) is 5.78. The summed E-state index contributed by atoms with van der Waals surface area (Å²) in [5.41, 5.74) is 6.34. The third kappa shape index (κ3) is 2.43. The standard InChI is InChI=1S/C13H22N4O2/c1-8(2)10-6-4-5-7-11(10)16-13(14)12(17(18)19)9(3)15-16/h8,10-11H,4-7,14H2,1-3H3. The molecule has 1 fully saturated rings. The normalized spacial score (nSPS) is 23.8. The Morgan fingerprint density at radius 3 is 2.58 bits per heavy atom. The third-order valence-electron chi connectivity index (χ3n) is 4.22. The molecular weight excluding hydrogens is 244 g/mol. The van der Waals surface area contributed by atoms with Gasteiger partial charge in [-0.05, 0) is 31.6 Å². The molecule has 1 aromatic heterocycles. The molecule has 2 N–H and O–H groups in total. The van der Waals surface area contributed by atoms with E-state index < -0.39 is 4.92 Å². The molecule has 0 spiro atoms. The van der Waals surface area contributed by atoms with Gasteiger partial charge in [-0.1, -0.05) is 26.7 Å². The molecule has 0 aliphatic heterocycles. The zero-order chi connectivity index (χ0) is 14.2. The summed E-state index contributed by atoms with van der Waals surface area (Å²) >= 11 is 0. The maximum atomic E-state index is 11.0. The summed E-state index contributed by atoms with van der Waals surface area (Å²) in [6, 6.07) is 0.196. The monoisotopic (exact) mass is 266 g/mol. The van der Waals surface area contributed by atoms with Gasteiger partial charge in [-0.25, -0.2) is 4.68 Å². The first kappa shape index (κ1) is 13.8. The Morgan fingerprint density at radius 1 is 1.42 bits per heavy atom. The highest BCUT2D eigenvalue weighted by Crippen LogP contribution is 2.41. The Labute approximate surface area is 113 Å². The minimum atomic E-state index is -0.429. The number of aromatic nitrogens is 2. The predicted octanol–water partition coefficient (Wildman–Crippen LogP) is 3.07. The zero-order valence-corrected chi connectivity index (χ0v) is 11.8. The fourth-order valence-corrected chi connectivity index (χ4v) is 3.26. The van der Waals surface area contributed by atoms with Gasteiger partial charge in [0.2, 0.25) is 5.82 Å². The van der Waals surface area contributed by atoms with Gasteiger partial charge < -0.3 is 5.73 Å². The van der Waals surface area contributed by atoms with E-state index in [9.17, 15) is 10.1 Å². The third-order valence-corrected chi connectivity index (χ3v) is 4.22. The van der Waals surface area contributed by atoms with E-state index in [-0.39, 0.29) is 17.5 Å². The quantitative estimate of drug-likeness (QED) is 0.672. The van der Waals surface area contributed by atoms with Gasteiger partial charge in [0.25, 0.3) is 0 Å². The summed E-state index contributed by atoms with van der Waals surface area (Å²) < 4.78 is 1.71. The lowest BCUT2D eigenvalue weighted by Crippen LogP contribution is -2.28. The van der Waals surface area contributed by atoms with Crippen molar-refractivity contribution in [3.63, 3.8) is 0 Å². The molecule has 0 saturated heterocycles. The van der Waals surface area contributed by atoms with Gasteiger partial charge >= 0.3 is 5.69 Å². The van der Waals surface area contributed by atoms with Crippen LogP contribution in [-0.2, 0) is 0 Å². The van der Waals surface area contributed by atoms with Gasteiger partial charge in [-0.15, -0.1) is 0 Å². The van der Waals surface area contributed by atoms with Crippen molar-refractivity contribution in [3.8, 4) is 0 Å². The largest absolute Gasteiger partial charge is 0.378 e. The molecule has 0 radical (unpaired) electrons. The van der Waals surface area contributed by atoms with Crippen LogP contribution in [-0.4, -0.2) is 14.7 Å². The molecule has 2 unspecified atom stereocenters. The maximum absolute atomic E-state index is 11.0.